The van der Waals surface area contributed by atoms with Gasteiger partial charge in [0.2, 0.25) is 0 Å². The first-order valence-electron chi connectivity index (χ1n) is 7.83. The molecule has 0 spiro atoms. The standard InChI is InChI=1S/C19H19ClN2O4/c1-12(23)13-5-4-6-15(9-13)26-11-18(24)21-14-7-8-17(20)16(10-14)19(25)22(2)3/h4-10H,11H2,1-3H3,(H,21,24). The van der Waals surface area contributed by atoms with Gasteiger partial charge in [0.15, 0.2) is 12.4 Å². The zero-order valence-corrected chi connectivity index (χ0v) is 15.5. The Morgan fingerprint density at radius 3 is 2.50 bits per heavy atom. The van der Waals surface area contributed by atoms with Gasteiger partial charge in [-0.15, -0.1) is 0 Å². The normalized spacial score (nSPS) is 10.2. The summed E-state index contributed by atoms with van der Waals surface area (Å²) in [5, 5.41) is 2.96. The van der Waals surface area contributed by atoms with Crippen LogP contribution in [0.3, 0.4) is 0 Å². The van der Waals surface area contributed by atoms with Gasteiger partial charge in [0.25, 0.3) is 11.8 Å². The Morgan fingerprint density at radius 2 is 1.85 bits per heavy atom. The quantitative estimate of drug-likeness (QED) is 0.787. The van der Waals surface area contributed by atoms with Crippen molar-refractivity contribution in [2.24, 2.45) is 0 Å². The van der Waals surface area contributed by atoms with Gasteiger partial charge in [0.1, 0.15) is 5.75 Å². The van der Waals surface area contributed by atoms with Gasteiger partial charge in [-0.25, -0.2) is 0 Å². The summed E-state index contributed by atoms with van der Waals surface area (Å²) in [5.41, 5.74) is 1.24. The minimum Gasteiger partial charge on any atom is -0.484 e. The van der Waals surface area contributed by atoms with Crippen LogP contribution in [0, 0.1) is 0 Å². The van der Waals surface area contributed by atoms with Gasteiger partial charge < -0.3 is 15.0 Å². The largest absolute Gasteiger partial charge is 0.484 e. The highest BCUT2D eigenvalue weighted by molar-refractivity contribution is 6.34. The Kier molecular flexibility index (Phi) is 6.36. The summed E-state index contributed by atoms with van der Waals surface area (Å²) in [6, 6.07) is 11.3. The zero-order chi connectivity index (χ0) is 19.3. The third-order valence-corrected chi connectivity index (χ3v) is 3.83. The Labute approximate surface area is 156 Å². The number of anilines is 1. The van der Waals surface area contributed by atoms with E-state index in [9.17, 15) is 14.4 Å². The molecule has 2 aromatic carbocycles. The first kappa shape index (κ1) is 19.5. The number of hydrogen-bond acceptors (Lipinski definition) is 4. The van der Waals surface area contributed by atoms with E-state index in [2.05, 4.69) is 5.32 Å². The topological polar surface area (TPSA) is 75.7 Å². The Balaban J connectivity index is 2.02. The number of rotatable bonds is 6. The van der Waals surface area contributed by atoms with E-state index >= 15 is 0 Å². The lowest BCUT2D eigenvalue weighted by Crippen LogP contribution is -2.23. The predicted octanol–water partition coefficient (Wildman–Crippen LogP) is 3.26. The molecular weight excluding hydrogens is 356 g/mol. The van der Waals surface area contributed by atoms with Gasteiger partial charge in [-0.1, -0.05) is 23.7 Å². The van der Waals surface area contributed by atoms with Crippen LogP contribution >= 0.6 is 11.6 Å². The maximum Gasteiger partial charge on any atom is 0.262 e. The minimum atomic E-state index is -0.399. The molecule has 0 aliphatic heterocycles. The fourth-order valence-corrected chi connectivity index (χ4v) is 2.36. The van der Waals surface area contributed by atoms with E-state index in [0.717, 1.165) is 0 Å². The average Bonchev–Trinajstić information content (AvgIpc) is 2.61. The number of Topliss-reactive ketones (excluding diaryl/α,β-unsaturated/α-hetero) is 1. The Bertz CT molecular complexity index is 849. The summed E-state index contributed by atoms with van der Waals surface area (Å²) in [6.45, 7) is 1.22. The fraction of sp³-hybridized carbons (Fsp3) is 0.211. The van der Waals surface area contributed by atoms with Gasteiger partial charge in [-0.05, 0) is 37.3 Å². The third kappa shape index (κ3) is 5.07. The molecule has 0 saturated carbocycles. The second-order valence-electron chi connectivity index (χ2n) is 5.82. The van der Waals surface area contributed by atoms with Crippen LogP contribution in [0.25, 0.3) is 0 Å². The van der Waals surface area contributed by atoms with Crippen LogP contribution in [-0.4, -0.2) is 43.2 Å². The second-order valence-corrected chi connectivity index (χ2v) is 6.22. The van der Waals surface area contributed by atoms with Gasteiger partial charge >= 0.3 is 0 Å². The number of ketones is 1. The molecule has 0 atom stereocenters. The van der Waals surface area contributed by atoms with Gasteiger partial charge in [-0.3, -0.25) is 14.4 Å². The smallest absolute Gasteiger partial charge is 0.262 e. The van der Waals surface area contributed by atoms with Crippen molar-refractivity contribution in [2.45, 2.75) is 6.92 Å². The van der Waals surface area contributed by atoms with Gasteiger partial charge in [0.05, 0.1) is 10.6 Å². The third-order valence-electron chi connectivity index (χ3n) is 3.50. The van der Waals surface area contributed by atoms with Crippen molar-refractivity contribution in [3.05, 3.63) is 58.6 Å². The first-order valence-corrected chi connectivity index (χ1v) is 8.20. The molecule has 0 fully saturated rings. The van der Waals surface area contributed by atoms with Crippen molar-refractivity contribution in [3.63, 3.8) is 0 Å². The number of ether oxygens (including phenoxy) is 1. The molecule has 0 aliphatic rings. The molecule has 7 heteroatoms. The predicted molar refractivity (Wildman–Crippen MR) is 100 cm³/mol. The molecular formula is C19H19ClN2O4. The summed E-state index contributed by atoms with van der Waals surface area (Å²) < 4.78 is 5.40. The van der Waals surface area contributed by atoms with Crippen LogP contribution in [0.4, 0.5) is 5.69 Å². The second kappa shape index (κ2) is 8.49. The molecule has 2 rings (SSSR count). The molecule has 6 nitrogen and oxygen atoms in total. The Morgan fingerprint density at radius 1 is 1.12 bits per heavy atom. The van der Waals surface area contributed by atoms with Crippen LogP contribution in [-0.2, 0) is 4.79 Å². The van der Waals surface area contributed by atoms with Crippen molar-refractivity contribution in [1.29, 1.82) is 0 Å². The highest BCUT2D eigenvalue weighted by Gasteiger charge is 2.14. The summed E-state index contributed by atoms with van der Waals surface area (Å²) in [5.74, 6) is -0.321. The summed E-state index contributed by atoms with van der Waals surface area (Å²) in [4.78, 5) is 36.9. The van der Waals surface area contributed by atoms with E-state index < -0.39 is 5.91 Å². The van der Waals surface area contributed by atoms with Gasteiger partial charge in [-0.2, -0.15) is 0 Å². The monoisotopic (exact) mass is 374 g/mol. The maximum absolute atomic E-state index is 12.1. The lowest BCUT2D eigenvalue weighted by molar-refractivity contribution is -0.118. The number of carbonyl (C=O) groups excluding carboxylic acids is 3. The van der Waals surface area contributed by atoms with Gasteiger partial charge in [0, 0.05) is 25.3 Å². The average molecular weight is 375 g/mol. The molecule has 0 unspecified atom stereocenters. The highest BCUT2D eigenvalue weighted by Crippen LogP contribution is 2.22. The van der Waals surface area contributed by atoms with Crippen LogP contribution < -0.4 is 10.1 Å². The van der Waals surface area contributed by atoms with Crippen molar-refractivity contribution in [1.82, 2.24) is 4.90 Å². The molecule has 0 radical (unpaired) electrons. The van der Waals surface area contributed by atoms with E-state index in [1.807, 2.05) is 0 Å². The molecule has 26 heavy (non-hydrogen) atoms. The molecule has 0 aliphatic carbocycles. The number of carbonyl (C=O) groups is 3. The van der Waals surface area contributed by atoms with Crippen LogP contribution in [0.2, 0.25) is 5.02 Å². The lowest BCUT2D eigenvalue weighted by atomic mass is 10.1. The fourth-order valence-electron chi connectivity index (χ4n) is 2.16. The van der Waals surface area contributed by atoms with Crippen molar-refractivity contribution < 1.29 is 19.1 Å². The van der Waals surface area contributed by atoms with E-state index in [1.165, 1.54) is 17.9 Å². The number of nitrogens with zero attached hydrogens (tertiary/aromatic N) is 1. The maximum atomic E-state index is 12.1. The minimum absolute atomic E-state index is 0.0841. The molecule has 136 valence electrons. The number of halogens is 1. The molecule has 2 amide bonds. The number of nitrogens with one attached hydrogen (secondary N) is 1. The van der Waals surface area contributed by atoms with Crippen molar-refractivity contribution in [3.8, 4) is 5.75 Å². The molecule has 0 heterocycles. The number of amides is 2. The van der Waals surface area contributed by atoms with Crippen LogP contribution in [0.5, 0.6) is 5.75 Å². The molecule has 2 aromatic rings. The Hall–Kier alpha value is -2.86. The molecule has 0 aromatic heterocycles. The van der Waals surface area contributed by atoms with Crippen LogP contribution in [0.1, 0.15) is 27.6 Å². The van der Waals surface area contributed by atoms with Crippen molar-refractivity contribution in [2.75, 3.05) is 26.0 Å². The number of benzene rings is 2. The first-order chi connectivity index (χ1) is 12.3. The van der Waals surface area contributed by atoms with Crippen LogP contribution in [0.15, 0.2) is 42.5 Å². The SMILES string of the molecule is CC(=O)c1cccc(OCC(=O)Nc2ccc(Cl)c(C(=O)N(C)C)c2)c1. The van der Waals surface area contributed by atoms with E-state index in [1.54, 1.807) is 50.5 Å². The summed E-state index contributed by atoms with van der Waals surface area (Å²) >= 11 is 6.04. The summed E-state index contributed by atoms with van der Waals surface area (Å²) in [6.07, 6.45) is 0. The number of hydrogen-bond donors (Lipinski definition) is 1. The van der Waals surface area contributed by atoms with E-state index in [-0.39, 0.29) is 18.3 Å². The van der Waals surface area contributed by atoms with Crippen molar-refractivity contribution >= 4 is 34.9 Å². The molecule has 0 bridgehead atoms. The molecule has 0 saturated heterocycles. The molecule has 1 N–H and O–H groups in total. The summed E-state index contributed by atoms with van der Waals surface area (Å²) in [7, 11) is 3.24. The zero-order valence-electron chi connectivity index (χ0n) is 14.7. The van der Waals surface area contributed by atoms with E-state index in [0.29, 0.717) is 27.6 Å². The lowest BCUT2D eigenvalue weighted by Gasteiger charge is -2.13. The van der Waals surface area contributed by atoms with E-state index in [4.69, 9.17) is 16.3 Å². The highest BCUT2D eigenvalue weighted by atomic mass is 35.5.